The number of hydrogen-bond donors (Lipinski definition) is 3. The molecule has 2 aromatic heterocycles. The zero-order valence-corrected chi connectivity index (χ0v) is 21.8. The van der Waals surface area contributed by atoms with Gasteiger partial charge in [-0.3, -0.25) is 9.89 Å². The van der Waals surface area contributed by atoms with Gasteiger partial charge in [-0.05, 0) is 74.3 Å². The smallest absolute Gasteiger partial charge is 0.190 e. The molecule has 0 aliphatic carbocycles. The number of aryl methyl sites for hydroxylation is 1. The Kier molecular flexibility index (Phi) is 8.80. The molecule has 0 saturated carbocycles. The molecule has 3 N–H and O–H groups in total. The van der Waals surface area contributed by atoms with Crippen LogP contribution in [0.25, 0.3) is 10.9 Å². The first kappa shape index (κ1) is 24.1. The monoisotopic (exact) mass is 551 g/mol. The van der Waals surface area contributed by atoms with Gasteiger partial charge in [0.05, 0.1) is 0 Å². The fraction of sp³-hybridized carbons (Fsp3) is 0.458. The molecule has 1 fully saturated rings. The Hall–Kier alpha value is -1.58. The molecule has 7 heteroatoms. The van der Waals surface area contributed by atoms with Crippen molar-refractivity contribution in [1.29, 1.82) is 0 Å². The average Bonchev–Trinajstić information content (AvgIpc) is 3.40. The number of aliphatic imine (C=N–C) groups is 1. The summed E-state index contributed by atoms with van der Waals surface area (Å²) >= 11 is 1.87. The van der Waals surface area contributed by atoms with Gasteiger partial charge < -0.3 is 15.6 Å². The maximum Gasteiger partial charge on any atom is 0.190 e. The van der Waals surface area contributed by atoms with E-state index in [1.54, 1.807) is 0 Å². The van der Waals surface area contributed by atoms with Gasteiger partial charge in [0.25, 0.3) is 0 Å². The van der Waals surface area contributed by atoms with Gasteiger partial charge in [-0.25, -0.2) is 0 Å². The minimum absolute atomic E-state index is 0. The van der Waals surface area contributed by atoms with Gasteiger partial charge in [-0.1, -0.05) is 18.2 Å². The molecule has 5 nitrogen and oxygen atoms in total. The molecule has 3 heterocycles. The number of guanidine groups is 1. The lowest BCUT2D eigenvalue weighted by Crippen LogP contribution is -2.45. The van der Waals surface area contributed by atoms with E-state index in [1.165, 1.54) is 46.3 Å². The summed E-state index contributed by atoms with van der Waals surface area (Å²) in [6.07, 6.45) is 5.61. The van der Waals surface area contributed by atoms with Crippen molar-refractivity contribution in [3.05, 3.63) is 57.9 Å². The van der Waals surface area contributed by atoms with E-state index in [9.17, 15) is 0 Å². The lowest BCUT2D eigenvalue weighted by molar-refractivity contribution is 0.125. The second-order valence-electron chi connectivity index (χ2n) is 8.34. The third kappa shape index (κ3) is 5.81. The average molecular weight is 552 g/mol. The fourth-order valence-electron chi connectivity index (χ4n) is 4.65. The van der Waals surface area contributed by atoms with Crippen molar-refractivity contribution in [2.75, 3.05) is 33.7 Å². The third-order valence-electron chi connectivity index (χ3n) is 6.21. The lowest BCUT2D eigenvalue weighted by atomic mass is 9.88. The van der Waals surface area contributed by atoms with Crippen LogP contribution in [-0.4, -0.2) is 49.6 Å². The summed E-state index contributed by atoms with van der Waals surface area (Å²) in [6.45, 7) is 5.11. The first-order valence-electron chi connectivity index (χ1n) is 10.9. The van der Waals surface area contributed by atoms with Crippen LogP contribution in [-0.2, 0) is 6.42 Å². The van der Waals surface area contributed by atoms with Crippen LogP contribution in [0, 0.1) is 12.8 Å². The fourth-order valence-corrected chi connectivity index (χ4v) is 5.64. The summed E-state index contributed by atoms with van der Waals surface area (Å²) in [6, 6.07) is 11.5. The van der Waals surface area contributed by atoms with Crippen LogP contribution in [0.15, 0.2) is 46.9 Å². The van der Waals surface area contributed by atoms with Crippen molar-refractivity contribution < 1.29 is 0 Å². The van der Waals surface area contributed by atoms with E-state index < -0.39 is 0 Å². The second-order valence-corrected chi connectivity index (χ2v) is 9.32. The van der Waals surface area contributed by atoms with E-state index in [2.05, 4.69) is 81.4 Å². The normalized spacial score (nSPS) is 19.9. The summed E-state index contributed by atoms with van der Waals surface area (Å²) in [4.78, 5) is 11.8. The predicted octanol–water partition coefficient (Wildman–Crippen LogP) is 4.95. The molecule has 2 unspecified atom stereocenters. The van der Waals surface area contributed by atoms with E-state index in [-0.39, 0.29) is 24.0 Å². The van der Waals surface area contributed by atoms with Gasteiger partial charge in [0.1, 0.15) is 0 Å². The number of fused-ring (bicyclic) bond motifs is 1. The Morgan fingerprint density at radius 1 is 1.29 bits per heavy atom. The molecule has 1 saturated heterocycles. The Morgan fingerprint density at radius 3 is 2.94 bits per heavy atom. The van der Waals surface area contributed by atoms with E-state index in [0.717, 1.165) is 25.5 Å². The SMILES string of the molecule is CN=C(NCCc1c[nH]c2cc(C)ccc12)NCC1CCCN(C)C1c1cccs1.I. The molecule has 0 spiro atoms. The Labute approximate surface area is 206 Å². The quantitative estimate of drug-likeness (QED) is 0.231. The molecule has 1 aromatic carbocycles. The standard InChI is InChI=1S/C24H33N5S.HI/c1-17-8-9-20-18(15-27-21(20)14-17)10-11-26-24(25-2)28-16-19-6-4-12-29(3)23(19)22-7-5-13-30-22;/h5,7-9,13-15,19,23,27H,4,6,10-12,16H2,1-3H3,(H2,25,26,28);1H. The van der Waals surface area contributed by atoms with Gasteiger partial charge in [0.2, 0.25) is 0 Å². The van der Waals surface area contributed by atoms with Gasteiger partial charge in [0, 0.05) is 48.2 Å². The molecule has 168 valence electrons. The molecule has 0 amide bonds. The third-order valence-corrected chi connectivity index (χ3v) is 7.15. The molecule has 3 aromatic rings. The largest absolute Gasteiger partial charge is 0.361 e. The molecule has 1 aliphatic rings. The highest BCUT2D eigenvalue weighted by Crippen LogP contribution is 2.36. The zero-order valence-electron chi connectivity index (χ0n) is 18.6. The number of likely N-dealkylation sites (tertiary alicyclic amines) is 1. The van der Waals surface area contributed by atoms with Crippen LogP contribution in [0.4, 0.5) is 0 Å². The van der Waals surface area contributed by atoms with Crippen LogP contribution >= 0.6 is 35.3 Å². The van der Waals surface area contributed by atoms with Gasteiger partial charge in [-0.2, -0.15) is 0 Å². The number of nitrogens with one attached hydrogen (secondary N) is 3. The molecule has 31 heavy (non-hydrogen) atoms. The molecular formula is C24H34IN5S. The summed E-state index contributed by atoms with van der Waals surface area (Å²) in [5.41, 5.74) is 3.85. The molecule has 4 rings (SSSR count). The van der Waals surface area contributed by atoms with E-state index in [1.807, 2.05) is 18.4 Å². The van der Waals surface area contributed by atoms with Crippen molar-refractivity contribution in [1.82, 2.24) is 20.5 Å². The number of nitrogens with zero attached hydrogens (tertiary/aromatic N) is 2. The number of hydrogen-bond acceptors (Lipinski definition) is 3. The number of benzene rings is 1. The summed E-state index contributed by atoms with van der Waals surface area (Å²) in [5, 5.41) is 10.6. The van der Waals surface area contributed by atoms with Crippen molar-refractivity contribution in [3.63, 3.8) is 0 Å². The van der Waals surface area contributed by atoms with Crippen molar-refractivity contribution in [2.45, 2.75) is 32.2 Å². The maximum atomic E-state index is 4.45. The summed E-state index contributed by atoms with van der Waals surface area (Å²) in [5.74, 6) is 1.49. The highest BCUT2D eigenvalue weighted by atomic mass is 127. The lowest BCUT2D eigenvalue weighted by Gasteiger charge is -2.39. The first-order valence-corrected chi connectivity index (χ1v) is 11.8. The van der Waals surface area contributed by atoms with Gasteiger partial charge in [0.15, 0.2) is 5.96 Å². The highest BCUT2D eigenvalue weighted by molar-refractivity contribution is 14.0. The number of thiophene rings is 1. The highest BCUT2D eigenvalue weighted by Gasteiger charge is 2.31. The first-order chi connectivity index (χ1) is 14.7. The molecule has 1 aliphatic heterocycles. The van der Waals surface area contributed by atoms with E-state index in [0.29, 0.717) is 12.0 Å². The number of aromatic amines is 1. The number of H-pyrrole nitrogens is 1. The van der Waals surface area contributed by atoms with Crippen molar-refractivity contribution in [3.8, 4) is 0 Å². The minimum atomic E-state index is 0. The molecule has 0 bridgehead atoms. The minimum Gasteiger partial charge on any atom is -0.361 e. The van der Waals surface area contributed by atoms with Crippen LogP contribution in [0.5, 0.6) is 0 Å². The second kappa shape index (κ2) is 11.3. The van der Waals surface area contributed by atoms with Crippen molar-refractivity contribution in [2.24, 2.45) is 10.9 Å². The Morgan fingerprint density at radius 2 is 2.16 bits per heavy atom. The number of piperidine rings is 1. The van der Waals surface area contributed by atoms with Gasteiger partial charge in [-0.15, -0.1) is 35.3 Å². The molecule has 0 radical (unpaired) electrons. The van der Waals surface area contributed by atoms with E-state index in [4.69, 9.17) is 0 Å². The summed E-state index contributed by atoms with van der Waals surface area (Å²) in [7, 11) is 4.11. The zero-order chi connectivity index (χ0) is 20.9. The Bertz CT molecular complexity index is 981. The van der Waals surface area contributed by atoms with Crippen LogP contribution in [0.3, 0.4) is 0 Å². The molecule has 2 atom stereocenters. The number of rotatable bonds is 6. The van der Waals surface area contributed by atoms with Crippen LogP contribution in [0.1, 0.15) is 34.9 Å². The summed E-state index contributed by atoms with van der Waals surface area (Å²) < 4.78 is 0. The van der Waals surface area contributed by atoms with Gasteiger partial charge >= 0.3 is 0 Å². The Balaban J connectivity index is 0.00000272. The van der Waals surface area contributed by atoms with Crippen molar-refractivity contribution >= 4 is 52.2 Å². The topological polar surface area (TPSA) is 55.5 Å². The van der Waals surface area contributed by atoms with E-state index >= 15 is 0 Å². The van der Waals surface area contributed by atoms with Crippen LogP contribution < -0.4 is 10.6 Å². The number of halogens is 1. The maximum absolute atomic E-state index is 4.45. The number of aromatic nitrogens is 1. The molecular weight excluding hydrogens is 517 g/mol. The predicted molar refractivity (Wildman–Crippen MR) is 144 cm³/mol. The van der Waals surface area contributed by atoms with Crippen LogP contribution in [0.2, 0.25) is 0 Å².